The van der Waals surface area contributed by atoms with Gasteiger partial charge in [-0.3, -0.25) is 0 Å². The highest BCUT2D eigenvalue weighted by atomic mass is 32.2. The minimum absolute atomic E-state index is 0.562. The van der Waals surface area contributed by atoms with Gasteiger partial charge >= 0.3 is 0 Å². The number of furan rings is 1. The number of aromatic nitrogens is 4. The van der Waals surface area contributed by atoms with Crippen LogP contribution in [0.5, 0.6) is 0 Å². The lowest BCUT2D eigenvalue weighted by molar-refractivity contribution is 0.669. The summed E-state index contributed by atoms with van der Waals surface area (Å²) < 4.78 is 9.18. The van der Waals surface area contributed by atoms with Gasteiger partial charge in [-0.25, -0.2) is 15.0 Å². The fraction of sp³-hybridized carbons (Fsp3) is 0. The number of nitrogens with zero attached hydrogens (tertiary/aromatic N) is 5. The summed E-state index contributed by atoms with van der Waals surface area (Å²) in [6.45, 7) is 0. The number of para-hydroxylation sites is 4. The monoisotopic (exact) mass is 761 g/mol. The van der Waals surface area contributed by atoms with E-state index < -0.39 is 0 Å². The van der Waals surface area contributed by atoms with Crippen LogP contribution >= 0.6 is 11.8 Å². The van der Waals surface area contributed by atoms with Crippen LogP contribution in [0.25, 0.3) is 83.6 Å². The Morgan fingerprint density at radius 2 is 1.10 bits per heavy atom. The Morgan fingerprint density at radius 1 is 0.448 bits per heavy atom. The summed E-state index contributed by atoms with van der Waals surface area (Å²) in [5.41, 5.74) is 11.1. The third-order valence-electron chi connectivity index (χ3n) is 11.0. The Balaban J connectivity index is 1.07. The van der Waals surface area contributed by atoms with Gasteiger partial charge in [0.15, 0.2) is 17.5 Å². The molecule has 0 fully saturated rings. The third kappa shape index (κ3) is 5.10. The van der Waals surface area contributed by atoms with E-state index in [1.54, 1.807) is 0 Å². The van der Waals surface area contributed by atoms with Crippen molar-refractivity contribution in [3.63, 3.8) is 0 Å². The second kappa shape index (κ2) is 13.0. The molecule has 0 amide bonds. The quantitative estimate of drug-likeness (QED) is 0.174. The minimum Gasteiger partial charge on any atom is -0.455 e. The van der Waals surface area contributed by atoms with Gasteiger partial charge in [0.2, 0.25) is 0 Å². The maximum absolute atomic E-state index is 6.75. The third-order valence-corrected chi connectivity index (χ3v) is 12.2. The molecular weight excluding hydrogens is 731 g/mol. The molecule has 58 heavy (non-hydrogen) atoms. The van der Waals surface area contributed by atoms with E-state index in [1.165, 1.54) is 31.8 Å². The van der Waals surface area contributed by atoms with Crippen LogP contribution in [0.4, 0.5) is 17.1 Å². The van der Waals surface area contributed by atoms with Gasteiger partial charge in [0.25, 0.3) is 0 Å². The van der Waals surface area contributed by atoms with Gasteiger partial charge in [-0.15, -0.1) is 0 Å². The van der Waals surface area contributed by atoms with Crippen LogP contribution < -0.4 is 4.90 Å². The Hall–Kier alpha value is -7.48. The summed E-state index contributed by atoms with van der Waals surface area (Å²) in [5, 5.41) is 4.45. The minimum atomic E-state index is 0.562. The highest BCUT2D eigenvalue weighted by Gasteiger charge is 2.29. The van der Waals surface area contributed by atoms with Gasteiger partial charge in [-0.05, 0) is 60.7 Å². The summed E-state index contributed by atoms with van der Waals surface area (Å²) in [7, 11) is 0. The lowest BCUT2D eigenvalue weighted by Gasteiger charge is -2.33. The Morgan fingerprint density at radius 3 is 1.88 bits per heavy atom. The van der Waals surface area contributed by atoms with E-state index in [2.05, 4.69) is 131 Å². The van der Waals surface area contributed by atoms with Crippen LogP contribution in [0.1, 0.15) is 0 Å². The lowest BCUT2D eigenvalue weighted by Crippen LogP contribution is -2.15. The summed E-state index contributed by atoms with van der Waals surface area (Å²) in [5.74, 6) is 1.79. The van der Waals surface area contributed by atoms with E-state index >= 15 is 0 Å². The molecule has 8 aromatic carbocycles. The van der Waals surface area contributed by atoms with Crippen molar-refractivity contribution in [3.05, 3.63) is 188 Å². The van der Waals surface area contributed by atoms with Crippen molar-refractivity contribution in [3.8, 4) is 39.9 Å². The summed E-state index contributed by atoms with van der Waals surface area (Å²) in [6, 6.07) is 65.5. The van der Waals surface area contributed by atoms with Crippen molar-refractivity contribution in [2.45, 2.75) is 9.79 Å². The zero-order chi connectivity index (χ0) is 38.2. The number of anilines is 3. The average molecular weight is 762 g/mol. The van der Waals surface area contributed by atoms with Crippen LogP contribution in [0.3, 0.4) is 0 Å². The van der Waals surface area contributed by atoms with Gasteiger partial charge in [0.05, 0.1) is 32.9 Å². The Labute approximate surface area is 337 Å². The molecule has 0 saturated heterocycles. The van der Waals surface area contributed by atoms with Gasteiger partial charge < -0.3 is 13.9 Å². The fourth-order valence-corrected chi connectivity index (χ4v) is 9.61. The molecule has 0 unspecified atom stereocenters. The van der Waals surface area contributed by atoms with E-state index in [0.717, 1.165) is 61.2 Å². The second-order valence-corrected chi connectivity index (χ2v) is 15.5. The molecule has 11 aromatic rings. The van der Waals surface area contributed by atoms with Gasteiger partial charge in [-0.1, -0.05) is 139 Å². The van der Waals surface area contributed by atoms with E-state index in [0.29, 0.717) is 17.5 Å². The molecule has 4 heterocycles. The van der Waals surface area contributed by atoms with Crippen LogP contribution in [0, 0.1) is 0 Å². The van der Waals surface area contributed by atoms with Crippen molar-refractivity contribution < 1.29 is 4.42 Å². The molecule has 7 heteroatoms. The van der Waals surface area contributed by atoms with Gasteiger partial charge in [0, 0.05) is 48.9 Å². The van der Waals surface area contributed by atoms with Crippen LogP contribution in [0.2, 0.25) is 0 Å². The first-order valence-electron chi connectivity index (χ1n) is 19.3. The van der Waals surface area contributed by atoms with Crippen molar-refractivity contribution in [1.29, 1.82) is 0 Å². The van der Waals surface area contributed by atoms with E-state index in [-0.39, 0.29) is 0 Å². The predicted molar refractivity (Wildman–Crippen MR) is 237 cm³/mol. The molecule has 0 saturated carbocycles. The van der Waals surface area contributed by atoms with E-state index in [4.69, 9.17) is 19.4 Å². The number of fused-ring (bicyclic) bond motifs is 9. The molecule has 0 N–H and O–H groups in total. The molecule has 1 aliphatic heterocycles. The first-order chi connectivity index (χ1) is 28.8. The predicted octanol–water partition coefficient (Wildman–Crippen LogP) is 13.8. The number of hydrogen-bond donors (Lipinski definition) is 0. The highest BCUT2D eigenvalue weighted by Crippen LogP contribution is 2.55. The Kier molecular flexibility index (Phi) is 7.36. The molecule has 6 nitrogen and oxygen atoms in total. The van der Waals surface area contributed by atoms with E-state index in [9.17, 15) is 0 Å². The molecular formula is C51H31N5OS. The SMILES string of the molecule is c1ccc(-c2nc(-c3ccccc3)nc(-c3cccc4c3oc3ccc(-n5c6ccccc6c6ccc7c(c65)Sc5ccccc5N7c5ccccc5)cc34)n2)cc1. The molecule has 0 spiro atoms. The summed E-state index contributed by atoms with van der Waals surface area (Å²) in [6.07, 6.45) is 0. The van der Waals surface area contributed by atoms with Crippen molar-refractivity contribution in [2.24, 2.45) is 0 Å². The first-order valence-corrected chi connectivity index (χ1v) is 20.1. The van der Waals surface area contributed by atoms with Gasteiger partial charge in [-0.2, -0.15) is 0 Å². The first kappa shape index (κ1) is 32.7. The van der Waals surface area contributed by atoms with Crippen LogP contribution in [-0.4, -0.2) is 19.5 Å². The molecule has 272 valence electrons. The summed E-state index contributed by atoms with van der Waals surface area (Å²) >= 11 is 1.84. The molecule has 0 bridgehead atoms. The Bertz CT molecular complexity index is 3320. The van der Waals surface area contributed by atoms with Crippen molar-refractivity contribution in [1.82, 2.24) is 19.5 Å². The zero-order valence-corrected chi connectivity index (χ0v) is 31.8. The number of hydrogen-bond acceptors (Lipinski definition) is 6. The van der Waals surface area contributed by atoms with Crippen LogP contribution in [-0.2, 0) is 0 Å². The molecule has 0 radical (unpaired) electrons. The average Bonchev–Trinajstić information content (AvgIpc) is 3.85. The topological polar surface area (TPSA) is 60.0 Å². The van der Waals surface area contributed by atoms with Crippen LogP contribution in [0.15, 0.2) is 202 Å². The second-order valence-electron chi connectivity index (χ2n) is 14.4. The zero-order valence-electron chi connectivity index (χ0n) is 31.0. The smallest absolute Gasteiger partial charge is 0.167 e. The molecule has 12 rings (SSSR count). The summed E-state index contributed by atoms with van der Waals surface area (Å²) in [4.78, 5) is 19.8. The largest absolute Gasteiger partial charge is 0.455 e. The highest BCUT2D eigenvalue weighted by molar-refractivity contribution is 8.00. The molecule has 0 atom stereocenters. The normalized spacial score (nSPS) is 12.4. The standard InChI is InChI=1S/C51H31N5OS/c1-4-15-32(16-5-1)49-52-50(33-17-6-2-7-18-33)54-51(53-49)39-23-14-22-38-40-31-35(27-30-44(40)57-47(38)39)56-41-24-11-10-21-36(41)37-28-29-43-48(46(37)56)58-45-26-13-12-25-42(45)55(43)34-19-8-3-9-20-34/h1-31H. The fourth-order valence-electron chi connectivity index (χ4n) is 8.42. The molecule has 0 aliphatic carbocycles. The number of rotatable bonds is 5. The number of benzene rings is 8. The lowest BCUT2D eigenvalue weighted by atomic mass is 10.1. The van der Waals surface area contributed by atoms with Crippen molar-refractivity contribution in [2.75, 3.05) is 4.90 Å². The molecule has 3 aromatic heterocycles. The maximum atomic E-state index is 6.75. The molecule has 1 aliphatic rings. The van der Waals surface area contributed by atoms with Gasteiger partial charge in [0.1, 0.15) is 11.2 Å². The maximum Gasteiger partial charge on any atom is 0.167 e. The van der Waals surface area contributed by atoms with Crippen molar-refractivity contribution >= 4 is 72.6 Å². The van der Waals surface area contributed by atoms with E-state index in [1.807, 2.05) is 78.5 Å².